The van der Waals surface area contributed by atoms with E-state index in [1.807, 2.05) is 6.08 Å². The second kappa shape index (κ2) is 9.44. The summed E-state index contributed by atoms with van der Waals surface area (Å²) in [5, 5.41) is 0. The molecule has 0 aromatic carbocycles. The maximum Gasteiger partial charge on any atom is 0.135 e. The van der Waals surface area contributed by atoms with Gasteiger partial charge in [0, 0.05) is 12.3 Å². The number of allylic oxidation sites excluding steroid dienone is 1. The summed E-state index contributed by atoms with van der Waals surface area (Å²) in [6.45, 7) is 3.72. The van der Waals surface area contributed by atoms with Crippen LogP contribution in [0, 0.1) is 5.92 Å². The van der Waals surface area contributed by atoms with E-state index in [2.05, 4.69) is 6.58 Å². The van der Waals surface area contributed by atoms with Gasteiger partial charge < -0.3 is 0 Å². The van der Waals surface area contributed by atoms with Crippen molar-refractivity contribution in [2.24, 2.45) is 5.92 Å². The normalized spacial score (nSPS) is 18.4. The molecule has 0 atom stereocenters. The highest BCUT2D eigenvalue weighted by Crippen LogP contribution is 2.24. The first-order valence-corrected chi connectivity index (χ1v) is 7.48. The van der Waals surface area contributed by atoms with Crippen LogP contribution in [0.5, 0.6) is 0 Å². The fourth-order valence-corrected chi connectivity index (χ4v) is 2.75. The Kier molecular flexibility index (Phi) is 8.04. The molecule has 0 unspecified atom stereocenters. The molecule has 1 nitrogen and oxygen atoms in total. The van der Waals surface area contributed by atoms with E-state index in [4.69, 9.17) is 0 Å². The first-order valence-electron chi connectivity index (χ1n) is 7.48. The van der Waals surface area contributed by atoms with E-state index in [1.165, 1.54) is 44.9 Å². The van der Waals surface area contributed by atoms with Gasteiger partial charge in [-0.25, -0.2) is 0 Å². The molecule has 1 aliphatic rings. The van der Waals surface area contributed by atoms with Crippen molar-refractivity contribution in [3.63, 3.8) is 0 Å². The number of Topliss-reactive ketones (excluding diaryl/α,β-unsaturated/α-hetero) is 1. The average molecular weight is 236 g/mol. The van der Waals surface area contributed by atoms with Gasteiger partial charge >= 0.3 is 0 Å². The number of hydrogen-bond donors (Lipinski definition) is 0. The molecular formula is C16H28O. The molecule has 0 bridgehead atoms. The van der Waals surface area contributed by atoms with Crippen molar-refractivity contribution in [1.29, 1.82) is 0 Å². The maximum atomic E-state index is 12.1. The van der Waals surface area contributed by atoms with Crippen LogP contribution in [0.4, 0.5) is 0 Å². The summed E-state index contributed by atoms with van der Waals surface area (Å²) >= 11 is 0. The van der Waals surface area contributed by atoms with E-state index in [1.54, 1.807) is 0 Å². The third kappa shape index (κ3) is 6.65. The Bertz CT molecular complexity index is 212. The molecule has 0 spiro atoms. The van der Waals surface area contributed by atoms with Gasteiger partial charge in [-0.2, -0.15) is 0 Å². The van der Waals surface area contributed by atoms with Crippen LogP contribution in [0.3, 0.4) is 0 Å². The zero-order valence-corrected chi connectivity index (χ0v) is 11.3. The molecule has 1 saturated carbocycles. The number of carbonyl (C=O) groups excluding carboxylic acids is 1. The summed E-state index contributed by atoms with van der Waals surface area (Å²) < 4.78 is 0. The molecule has 98 valence electrons. The molecule has 0 radical (unpaired) electrons. The number of ketones is 1. The Balaban J connectivity index is 2.13. The van der Waals surface area contributed by atoms with Gasteiger partial charge in [-0.15, -0.1) is 6.58 Å². The van der Waals surface area contributed by atoms with Crippen molar-refractivity contribution in [3.05, 3.63) is 12.7 Å². The van der Waals surface area contributed by atoms with E-state index >= 15 is 0 Å². The Hall–Kier alpha value is -0.590. The molecular weight excluding hydrogens is 208 g/mol. The lowest BCUT2D eigenvalue weighted by molar-refractivity contribution is -0.123. The van der Waals surface area contributed by atoms with Gasteiger partial charge in [0.05, 0.1) is 0 Å². The minimum absolute atomic E-state index is 0.398. The summed E-state index contributed by atoms with van der Waals surface area (Å²) in [7, 11) is 0. The van der Waals surface area contributed by atoms with E-state index in [-0.39, 0.29) is 0 Å². The highest BCUT2D eigenvalue weighted by Gasteiger charge is 2.18. The zero-order valence-electron chi connectivity index (χ0n) is 11.3. The number of rotatable bonds is 7. The maximum absolute atomic E-state index is 12.1. The predicted octanol–water partition coefficient (Wildman–Crippen LogP) is 5.05. The fraction of sp³-hybridized carbons (Fsp3) is 0.812. The molecule has 0 heterocycles. The molecule has 0 saturated heterocycles. The van der Waals surface area contributed by atoms with Crippen LogP contribution in [0.2, 0.25) is 0 Å². The second-order valence-corrected chi connectivity index (χ2v) is 5.40. The fourth-order valence-electron chi connectivity index (χ4n) is 2.75. The number of carbonyl (C=O) groups is 1. The third-order valence-corrected chi connectivity index (χ3v) is 3.89. The van der Waals surface area contributed by atoms with Crippen LogP contribution in [-0.4, -0.2) is 5.78 Å². The number of unbranched alkanes of at least 4 members (excludes halogenated alkanes) is 3. The molecule has 17 heavy (non-hydrogen) atoms. The van der Waals surface area contributed by atoms with E-state index in [0.29, 0.717) is 11.7 Å². The molecule has 1 fully saturated rings. The van der Waals surface area contributed by atoms with Gasteiger partial charge in [0.25, 0.3) is 0 Å². The molecule has 0 N–H and O–H groups in total. The lowest BCUT2D eigenvalue weighted by atomic mass is 9.86. The first kappa shape index (κ1) is 14.5. The van der Waals surface area contributed by atoms with Crippen LogP contribution in [0.25, 0.3) is 0 Å². The van der Waals surface area contributed by atoms with Crippen molar-refractivity contribution in [2.75, 3.05) is 0 Å². The predicted molar refractivity (Wildman–Crippen MR) is 74.1 cm³/mol. The van der Waals surface area contributed by atoms with Crippen molar-refractivity contribution in [3.8, 4) is 0 Å². The van der Waals surface area contributed by atoms with Gasteiger partial charge in [-0.3, -0.25) is 4.79 Å². The summed E-state index contributed by atoms with van der Waals surface area (Å²) in [6.07, 6.45) is 16.3. The SMILES string of the molecule is C=CCCCCCC(=O)C1CCCCCCC1. The molecule has 0 aromatic heterocycles. The van der Waals surface area contributed by atoms with E-state index in [0.717, 1.165) is 32.1 Å². The minimum Gasteiger partial charge on any atom is -0.299 e. The first-order chi connectivity index (χ1) is 8.34. The van der Waals surface area contributed by atoms with Crippen molar-refractivity contribution in [2.45, 2.75) is 77.0 Å². The number of hydrogen-bond acceptors (Lipinski definition) is 1. The van der Waals surface area contributed by atoms with Gasteiger partial charge in [0.2, 0.25) is 0 Å². The van der Waals surface area contributed by atoms with Gasteiger partial charge in [-0.1, -0.05) is 44.6 Å². The molecule has 1 rings (SSSR count). The van der Waals surface area contributed by atoms with E-state index in [9.17, 15) is 4.79 Å². The van der Waals surface area contributed by atoms with E-state index < -0.39 is 0 Å². The van der Waals surface area contributed by atoms with Crippen LogP contribution in [0.15, 0.2) is 12.7 Å². The standard InChI is InChI=1S/C16H28O/c1-2-3-4-6-11-14-16(17)15-12-9-7-5-8-10-13-15/h2,15H,1,3-14H2. The zero-order chi connectivity index (χ0) is 12.3. The topological polar surface area (TPSA) is 17.1 Å². The molecule has 1 heteroatoms. The molecule has 0 aromatic rings. The quantitative estimate of drug-likeness (QED) is 0.446. The second-order valence-electron chi connectivity index (χ2n) is 5.40. The van der Waals surface area contributed by atoms with Crippen LogP contribution < -0.4 is 0 Å². The lowest BCUT2D eigenvalue weighted by Gasteiger charge is -2.18. The summed E-state index contributed by atoms with van der Waals surface area (Å²) in [6, 6.07) is 0. The highest BCUT2D eigenvalue weighted by atomic mass is 16.1. The Labute approximate surface area is 107 Å². The van der Waals surface area contributed by atoms with Crippen molar-refractivity contribution >= 4 is 5.78 Å². The Morgan fingerprint density at radius 2 is 1.65 bits per heavy atom. The van der Waals surface area contributed by atoms with Crippen LogP contribution in [0.1, 0.15) is 77.0 Å². The van der Waals surface area contributed by atoms with Gasteiger partial charge in [-0.05, 0) is 32.1 Å². The van der Waals surface area contributed by atoms with Crippen molar-refractivity contribution in [1.82, 2.24) is 0 Å². The largest absolute Gasteiger partial charge is 0.299 e. The Morgan fingerprint density at radius 3 is 2.29 bits per heavy atom. The van der Waals surface area contributed by atoms with Crippen LogP contribution in [-0.2, 0) is 4.79 Å². The van der Waals surface area contributed by atoms with Gasteiger partial charge in [0.15, 0.2) is 0 Å². The highest BCUT2D eigenvalue weighted by molar-refractivity contribution is 5.80. The minimum atomic E-state index is 0.398. The molecule has 0 amide bonds. The monoisotopic (exact) mass is 236 g/mol. The lowest BCUT2D eigenvalue weighted by Crippen LogP contribution is -2.15. The third-order valence-electron chi connectivity index (χ3n) is 3.89. The molecule has 1 aliphatic carbocycles. The summed E-state index contributed by atoms with van der Waals surface area (Å²) in [5.41, 5.74) is 0. The van der Waals surface area contributed by atoms with Crippen molar-refractivity contribution < 1.29 is 4.79 Å². The summed E-state index contributed by atoms with van der Waals surface area (Å²) in [4.78, 5) is 12.1. The smallest absolute Gasteiger partial charge is 0.135 e. The Morgan fingerprint density at radius 1 is 1.00 bits per heavy atom. The molecule has 0 aliphatic heterocycles. The van der Waals surface area contributed by atoms with Gasteiger partial charge in [0.1, 0.15) is 5.78 Å². The van der Waals surface area contributed by atoms with Crippen LogP contribution >= 0.6 is 0 Å². The summed E-state index contributed by atoms with van der Waals surface area (Å²) in [5.74, 6) is 0.945. The average Bonchev–Trinajstić information content (AvgIpc) is 2.28.